The number of aliphatic carboxylic acids is 1. The summed E-state index contributed by atoms with van der Waals surface area (Å²) in [6.07, 6.45) is 0. The van der Waals surface area contributed by atoms with E-state index in [0.717, 1.165) is 11.3 Å². The number of rotatable bonds is 9. The topological polar surface area (TPSA) is 116 Å². The van der Waals surface area contributed by atoms with Gasteiger partial charge in [0, 0.05) is 18.3 Å². The smallest absolute Gasteiger partial charge is 0.349 e. The lowest BCUT2D eigenvalue weighted by Crippen LogP contribution is -2.44. The van der Waals surface area contributed by atoms with E-state index in [2.05, 4.69) is 21.2 Å². The molecule has 1 aromatic carbocycles. The average Bonchev–Trinajstić information content (AvgIpc) is 3.00. The fraction of sp³-hybridized carbons (Fsp3) is 0.381. The van der Waals surface area contributed by atoms with E-state index in [1.165, 1.54) is 0 Å². The number of nitrogens with zero attached hydrogens (tertiary/aromatic N) is 1. The molecule has 3 N–H and O–H groups in total. The number of benzene rings is 1. The van der Waals surface area contributed by atoms with Crippen molar-refractivity contribution >= 4 is 50.9 Å². The maximum absolute atomic E-state index is 12.8. The number of carbonyl (C=O) groups excluding carboxylic acids is 1. The number of carbonyl (C=O) groups is 3. The summed E-state index contributed by atoms with van der Waals surface area (Å²) in [6.45, 7) is 7.64. The molecular formula is C21H25BrN2O6S. The highest BCUT2D eigenvalue weighted by molar-refractivity contribution is 9.10. The lowest BCUT2D eigenvalue weighted by Gasteiger charge is -2.26. The number of carboxylic acids is 2. The van der Waals surface area contributed by atoms with Crippen LogP contribution in [0.4, 0.5) is 10.5 Å². The Labute approximate surface area is 193 Å². The molecule has 0 saturated carbocycles. The molecule has 1 aromatic heterocycles. The van der Waals surface area contributed by atoms with Crippen LogP contribution in [-0.2, 0) is 4.79 Å². The molecule has 2 aromatic rings. The molecule has 168 valence electrons. The van der Waals surface area contributed by atoms with Crippen molar-refractivity contribution in [3.63, 3.8) is 0 Å². The minimum absolute atomic E-state index is 0.0242. The maximum atomic E-state index is 12.8. The van der Waals surface area contributed by atoms with Crippen LogP contribution >= 0.6 is 27.3 Å². The SMILES string of the molecule is CC(C)CN(C(=O)NC(C)C)c1cccc(-c2sc(C(=O)O)c(OCC(=O)O)c2Br)c1. The zero-order chi connectivity index (χ0) is 23.3. The van der Waals surface area contributed by atoms with Crippen molar-refractivity contribution in [2.24, 2.45) is 5.92 Å². The average molecular weight is 513 g/mol. The fourth-order valence-electron chi connectivity index (χ4n) is 2.80. The van der Waals surface area contributed by atoms with Gasteiger partial charge in [-0.15, -0.1) is 11.3 Å². The van der Waals surface area contributed by atoms with Gasteiger partial charge >= 0.3 is 18.0 Å². The summed E-state index contributed by atoms with van der Waals surface area (Å²) in [7, 11) is 0. The third kappa shape index (κ3) is 6.44. The Bertz CT molecular complexity index is 973. The van der Waals surface area contributed by atoms with Gasteiger partial charge < -0.3 is 20.3 Å². The molecule has 0 aliphatic rings. The third-order valence-corrected chi connectivity index (χ3v) is 6.20. The van der Waals surface area contributed by atoms with Crippen LogP contribution in [0.5, 0.6) is 5.75 Å². The van der Waals surface area contributed by atoms with Gasteiger partial charge in [0.15, 0.2) is 17.2 Å². The first-order valence-electron chi connectivity index (χ1n) is 9.59. The number of amides is 2. The number of carboxylic acid groups (broad SMARTS) is 2. The summed E-state index contributed by atoms with van der Waals surface area (Å²) < 4.78 is 5.57. The molecule has 0 aliphatic carbocycles. The minimum atomic E-state index is -1.22. The van der Waals surface area contributed by atoms with Crippen molar-refractivity contribution in [3.05, 3.63) is 33.6 Å². The maximum Gasteiger partial charge on any atom is 0.349 e. The van der Waals surface area contributed by atoms with E-state index < -0.39 is 18.5 Å². The largest absolute Gasteiger partial charge is 0.479 e. The Morgan fingerprint density at radius 1 is 1.19 bits per heavy atom. The summed E-state index contributed by atoms with van der Waals surface area (Å²) in [5.41, 5.74) is 1.34. The zero-order valence-electron chi connectivity index (χ0n) is 17.6. The molecule has 0 fully saturated rings. The van der Waals surface area contributed by atoms with Crippen molar-refractivity contribution in [3.8, 4) is 16.2 Å². The van der Waals surface area contributed by atoms with E-state index >= 15 is 0 Å². The van der Waals surface area contributed by atoms with Gasteiger partial charge in [0.05, 0.1) is 9.35 Å². The Morgan fingerprint density at radius 2 is 1.87 bits per heavy atom. The molecule has 0 spiro atoms. The number of nitrogens with one attached hydrogen (secondary N) is 1. The highest BCUT2D eigenvalue weighted by atomic mass is 79.9. The summed E-state index contributed by atoms with van der Waals surface area (Å²) >= 11 is 4.33. The molecule has 10 heteroatoms. The second-order valence-corrected chi connectivity index (χ2v) is 9.36. The number of hydrogen-bond donors (Lipinski definition) is 3. The molecule has 1 heterocycles. The number of ether oxygens (including phenoxy) is 1. The zero-order valence-corrected chi connectivity index (χ0v) is 20.0. The van der Waals surface area contributed by atoms with Crippen molar-refractivity contribution in [1.82, 2.24) is 5.32 Å². The van der Waals surface area contributed by atoms with Crippen LogP contribution in [0.1, 0.15) is 37.4 Å². The molecule has 8 nitrogen and oxygen atoms in total. The molecule has 31 heavy (non-hydrogen) atoms. The van der Waals surface area contributed by atoms with Crippen LogP contribution in [0, 0.1) is 5.92 Å². The molecule has 0 aliphatic heterocycles. The Hall–Kier alpha value is -2.59. The number of halogens is 1. The van der Waals surface area contributed by atoms with Gasteiger partial charge in [-0.1, -0.05) is 26.0 Å². The second kappa shape index (κ2) is 10.6. The van der Waals surface area contributed by atoms with Crippen LogP contribution in [-0.4, -0.2) is 47.4 Å². The molecule has 0 bridgehead atoms. The first-order chi connectivity index (χ1) is 14.5. The number of anilines is 1. The third-order valence-electron chi connectivity index (χ3n) is 3.97. The normalized spacial score (nSPS) is 10.9. The Morgan fingerprint density at radius 3 is 2.42 bits per heavy atom. The van der Waals surface area contributed by atoms with E-state index in [-0.39, 0.29) is 28.6 Å². The summed E-state index contributed by atoms with van der Waals surface area (Å²) in [5.74, 6) is -2.23. The van der Waals surface area contributed by atoms with E-state index in [4.69, 9.17) is 9.84 Å². The van der Waals surface area contributed by atoms with E-state index in [1.807, 2.05) is 33.8 Å². The van der Waals surface area contributed by atoms with Crippen molar-refractivity contribution in [1.29, 1.82) is 0 Å². The fourth-order valence-corrected chi connectivity index (χ4v) is 4.68. The number of hydrogen-bond acceptors (Lipinski definition) is 5. The van der Waals surface area contributed by atoms with Crippen molar-refractivity contribution < 1.29 is 29.3 Å². The monoisotopic (exact) mass is 512 g/mol. The highest BCUT2D eigenvalue weighted by Crippen LogP contribution is 2.46. The van der Waals surface area contributed by atoms with Crippen molar-refractivity contribution in [2.45, 2.75) is 33.7 Å². The predicted octanol–water partition coefficient (Wildman–Crippen LogP) is 4.92. The van der Waals surface area contributed by atoms with E-state index in [9.17, 15) is 19.5 Å². The van der Waals surface area contributed by atoms with Gasteiger partial charge in [-0.05, 0) is 53.4 Å². The lowest BCUT2D eigenvalue weighted by molar-refractivity contribution is -0.139. The van der Waals surface area contributed by atoms with Gasteiger partial charge in [-0.2, -0.15) is 0 Å². The van der Waals surface area contributed by atoms with Crippen LogP contribution in [0.3, 0.4) is 0 Å². The lowest BCUT2D eigenvalue weighted by atomic mass is 10.1. The van der Waals surface area contributed by atoms with Crippen LogP contribution in [0.2, 0.25) is 0 Å². The van der Waals surface area contributed by atoms with Crippen LogP contribution in [0.15, 0.2) is 28.7 Å². The summed E-state index contributed by atoms with van der Waals surface area (Å²) in [5, 5.41) is 21.3. The Kier molecular flexibility index (Phi) is 8.46. The molecule has 0 atom stereocenters. The van der Waals surface area contributed by atoms with Gasteiger partial charge in [-0.25, -0.2) is 14.4 Å². The first-order valence-corrected chi connectivity index (χ1v) is 11.2. The molecule has 0 saturated heterocycles. The van der Waals surface area contributed by atoms with E-state index in [0.29, 0.717) is 27.1 Å². The molecular weight excluding hydrogens is 488 g/mol. The van der Waals surface area contributed by atoms with Gasteiger partial charge in [0.25, 0.3) is 0 Å². The standard InChI is InChI=1S/C21H25BrN2O6S/c1-11(2)9-24(21(29)23-12(3)4)14-7-5-6-13(8-14)18-16(22)17(30-10-15(25)26)19(31-18)20(27)28/h5-8,11-12H,9-10H2,1-4H3,(H,23,29)(H,25,26)(H,27,28). The first kappa shape index (κ1) is 24.7. The minimum Gasteiger partial charge on any atom is -0.479 e. The van der Waals surface area contributed by atoms with Crippen molar-refractivity contribution in [2.75, 3.05) is 18.1 Å². The second-order valence-electron chi connectivity index (χ2n) is 7.55. The van der Waals surface area contributed by atoms with Gasteiger partial charge in [0.2, 0.25) is 0 Å². The molecule has 0 unspecified atom stereocenters. The quantitative estimate of drug-likeness (QED) is 0.439. The molecule has 2 rings (SSSR count). The Balaban J connectivity index is 2.50. The summed E-state index contributed by atoms with van der Waals surface area (Å²) in [4.78, 5) is 37.4. The predicted molar refractivity (Wildman–Crippen MR) is 123 cm³/mol. The number of aromatic carboxylic acids is 1. The van der Waals surface area contributed by atoms with Gasteiger partial charge in [0.1, 0.15) is 0 Å². The molecule has 0 radical (unpaired) electrons. The number of thiophene rings is 1. The van der Waals surface area contributed by atoms with Gasteiger partial charge in [-0.3, -0.25) is 4.90 Å². The number of urea groups is 1. The van der Waals surface area contributed by atoms with Crippen LogP contribution in [0.25, 0.3) is 10.4 Å². The van der Waals surface area contributed by atoms with Crippen LogP contribution < -0.4 is 15.0 Å². The highest BCUT2D eigenvalue weighted by Gasteiger charge is 2.25. The molecule has 2 amide bonds. The van der Waals surface area contributed by atoms with E-state index in [1.54, 1.807) is 23.1 Å². The summed E-state index contributed by atoms with van der Waals surface area (Å²) in [6, 6.07) is 6.94.